The van der Waals surface area contributed by atoms with Gasteiger partial charge in [-0.05, 0) is 25.7 Å². The van der Waals surface area contributed by atoms with Crippen molar-refractivity contribution in [2.45, 2.75) is 122 Å². The predicted molar refractivity (Wildman–Crippen MR) is 133 cm³/mol. The Hall–Kier alpha value is -2.12. The van der Waals surface area contributed by atoms with Crippen LogP contribution in [0.15, 0.2) is 0 Å². The Bertz CT molecular complexity index is 502. The van der Waals surface area contributed by atoms with Gasteiger partial charge in [0.25, 0.3) is 12.9 Å². The van der Waals surface area contributed by atoms with Gasteiger partial charge in [0.2, 0.25) is 5.91 Å². The average Bonchev–Trinajstić information content (AvgIpc) is 2.82. The summed E-state index contributed by atoms with van der Waals surface area (Å²) in [6, 6.07) is -0.387. The van der Waals surface area contributed by atoms with Crippen molar-refractivity contribution < 1.29 is 28.7 Å². The van der Waals surface area contributed by atoms with Crippen molar-refractivity contribution in [1.82, 2.24) is 10.6 Å². The number of carbonyl (C=O) groups excluding carboxylic acids is 4. The Morgan fingerprint density at radius 3 is 1.35 bits per heavy atom. The molecule has 0 radical (unpaired) electrons. The van der Waals surface area contributed by atoms with Gasteiger partial charge in [0.15, 0.2) is 0 Å². The monoisotopic (exact) mass is 484 g/mol. The minimum absolute atomic E-state index is 0.205. The third kappa shape index (κ3) is 26.1. The Balaban J connectivity index is 3.30. The number of nitrogens with one attached hydrogen (secondary N) is 2. The summed E-state index contributed by atoms with van der Waals surface area (Å²) in [5.74, 6) is -0.205. The topological polar surface area (TPSA) is 111 Å². The van der Waals surface area contributed by atoms with E-state index in [0.717, 1.165) is 77.0 Å². The van der Waals surface area contributed by atoms with Crippen LogP contribution in [0.1, 0.15) is 122 Å². The number of imide groups is 1. The summed E-state index contributed by atoms with van der Waals surface area (Å²) in [5.41, 5.74) is 0. The van der Waals surface area contributed by atoms with E-state index in [2.05, 4.69) is 20.1 Å². The normalized spacial score (nSPS) is 10.5. The third-order valence-corrected chi connectivity index (χ3v) is 5.78. The SMILES string of the molecule is O=COCCCCCCCCCCCCNC(=O)NC(=O)CCCCCCCCCCOC=O. The van der Waals surface area contributed by atoms with E-state index < -0.39 is 0 Å². The van der Waals surface area contributed by atoms with Gasteiger partial charge in [0, 0.05) is 13.0 Å². The molecule has 8 heteroatoms. The van der Waals surface area contributed by atoms with Crippen LogP contribution in [0.5, 0.6) is 0 Å². The maximum absolute atomic E-state index is 11.8. The van der Waals surface area contributed by atoms with Gasteiger partial charge >= 0.3 is 6.03 Å². The number of urea groups is 1. The molecule has 0 fully saturated rings. The summed E-state index contributed by atoms with van der Waals surface area (Å²) in [5, 5.41) is 5.18. The number of carbonyl (C=O) groups is 4. The van der Waals surface area contributed by atoms with Crippen molar-refractivity contribution in [3.05, 3.63) is 0 Å². The van der Waals surface area contributed by atoms with E-state index in [1.54, 1.807) is 0 Å². The lowest BCUT2D eigenvalue weighted by Gasteiger charge is -2.07. The quantitative estimate of drug-likeness (QED) is 0.123. The summed E-state index contributed by atoms with van der Waals surface area (Å²) in [6.07, 6.45) is 20.1. The molecule has 0 aliphatic heterocycles. The first-order valence-corrected chi connectivity index (χ1v) is 13.4. The molecular weight excluding hydrogens is 436 g/mol. The van der Waals surface area contributed by atoms with Crippen molar-refractivity contribution in [2.24, 2.45) is 0 Å². The second kappa shape index (κ2) is 27.1. The first-order chi connectivity index (χ1) is 16.7. The van der Waals surface area contributed by atoms with E-state index in [9.17, 15) is 19.2 Å². The largest absolute Gasteiger partial charge is 0.468 e. The molecule has 198 valence electrons. The highest BCUT2D eigenvalue weighted by Crippen LogP contribution is 2.11. The van der Waals surface area contributed by atoms with Crippen molar-refractivity contribution in [1.29, 1.82) is 0 Å². The van der Waals surface area contributed by atoms with Gasteiger partial charge in [0.1, 0.15) is 0 Å². The molecule has 0 aliphatic rings. The van der Waals surface area contributed by atoms with E-state index in [1.807, 2.05) is 0 Å². The Kier molecular flexibility index (Phi) is 25.4. The lowest BCUT2D eigenvalue weighted by Crippen LogP contribution is -2.39. The van der Waals surface area contributed by atoms with Crippen LogP contribution in [0.4, 0.5) is 4.79 Å². The van der Waals surface area contributed by atoms with Gasteiger partial charge in [-0.3, -0.25) is 19.7 Å². The summed E-state index contributed by atoms with van der Waals surface area (Å²) in [4.78, 5) is 43.6. The number of hydrogen-bond acceptors (Lipinski definition) is 6. The average molecular weight is 485 g/mol. The molecule has 3 amide bonds. The molecule has 0 atom stereocenters. The molecule has 0 aromatic rings. The fraction of sp³-hybridized carbons (Fsp3) is 0.846. The van der Waals surface area contributed by atoms with E-state index >= 15 is 0 Å². The highest BCUT2D eigenvalue weighted by atomic mass is 16.5. The second-order valence-corrected chi connectivity index (χ2v) is 8.85. The van der Waals surface area contributed by atoms with Crippen LogP contribution >= 0.6 is 0 Å². The summed E-state index contributed by atoms with van der Waals surface area (Å²) < 4.78 is 9.32. The zero-order valence-electron chi connectivity index (χ0n) is 21.2. The molecule has 0 saturated heterocycles. The number of amides is 3. The van der Waals surface area contributed by atoms with E-state index in [1.165, 1.54) is 38.5 Å². The Morgan fingerprint density at radius 2 is 0.912 bits per heavy atom. The number of rotatable bonds is 26. The molecule has 8 nitrogen and oxygen atoms in total. The molecule has 34 heavy (non-hydrogen) atoms. The highest BCUT2D eigenvalue weighted by molar-refractivity contribution is 5.94. The molecule has 2 N–H and O–H groups in total. The summed E-state index contributed by atoms with van der Waals surface area (Å²) >= 11 is 0. The van der Waals surface area contributed by atoms with Crippen LogP contribution in [-0.2, 0) is 23.9 Å². The first kappa shape index (κ1) is 31.9. The zero-order valence-corrected chi connectivity index (χ0v) is 21.2. The Labute approximate surface area is 206 Å². The molecule has 0 aromatic heterocycles. The number of unbranched alkanes of at least 4 members (excludes halogenated alkanes) is 16. The molecule has 0 bridgehead atoms. The van der Waals surface area contributed by atoms with Gasteiger partial charge in [-0.2, -0.15) is 0 Å². The van der Waals surface area contributed by atoms with Crippen molar-refractivity contribution in [3.63, 3.8) is 0 Å². The van der Waals surface area contributed by atoms with Crippen molar-refractivity contribution >= 4 is 24.9 Å². The van der Waals surface area contributed by atoms with Crippen LogP contribution in [0, 0.1) is 0 Å². The summed E-state index contributed by atoms with van der Waals surface area (Å²) in [6.45, 7) is 2.65. The smallest absolute Gasteiger partial charge is 0.321 e. The van der Waals surface area contributed by atoms with E-state index in [4.69, 9.17) is 0 Å². The molecule has 0 aliphatic carbocycles. The van der Waals surface area contributed by atoms with Crippen LogP contribution in [-0.4, -0.2) is 44.6 Å². The zero-order chi connectivity index (χ0) is 25.0. The van der Waals surface area contributed by atoms with Gasteiger partial charge in [-0.1, -0.05) is 89.9 Å². The van der Waals surface area contributed by atoms with Crippen LogP contribution in [0.3, 0.4) is 0 Å². The first-order valence-electron chi connectivity index (χ1n) is 13.4. The minimum atomic E-state index is -0.387. The van der Waals surface area contributed by atoms with Crippen LogP contribution in [0.2, 0.25) is 0 Å². The highest BCUT2D eigenvalue weighted by Gasteiger charge is 2.06. The second-order valence-electron chi connectivity index (χ2n) is 8.85. The molecular formula is C26H48N2O6. The predicted octanol–water partition coefficient (Wildman–Crippen LogP) is 5.57. The van der Waals surface area contributed by atoms with Gasteiger partial charge in [0.05, 0.1) is 13.2 Å². The maximum Gasteiger partial charge on any atom is 0.321 e. The standard InChI is InChI=1S/C26H48N2O6/c29-23-33-21-17-13-9-5-2-1-4-8-12-16-20-27-26(32)28-25(31)19-15-11-7-3-6-10-14-18-22-34-24-30/h23-24H,1-22H2,(H2,27,28,31,32). The Morgan fingerprint density at radius 1 is 0.529 bits per heavy atom. The number of hydrogen-bond donors (Lipinski definition) is 2. The van der Waals surface area contributed by atoms with Crippen LogP contribution < -0.4 is 10.6 Å². The van der Waals surface area contributed by atoms with Gasteiger partial charge < -0.3 is 14.8 Å². The van der Waals surface area contributed by atoms with E-state index in [0.29, 0.717) is 39.1 Å². The lowest BCUT2D eigenvalue weighted by atomic mass is 10.1. The minimum Gasteiger partial charge on any atom is -0.468 e. The van der Waals surface area contributed by atoms with Crippen molar-refractivity contribution in [3.8, 4) is 0 Å². The van der Waals surface area contributed by atoms with Crippen molar-refractivity contribution in [2.75, 3.05) is 19.8 Å². The fourth-order valence-electron chi connectivity index (χ4n) is 3.79. The molecule has 0 spiro atoms. The molecule has 0 saturated carbocycles. The molecule has 0 unspecified atom stereocenters. The van der Waals surface area contributed by atoms with Crippen LogP contribution in [0.25, 0.3) is 0 Å². The maximum atomic E-state index is 11.8. The van der Waals surface area contributed by atoms with Gasteiger partial charge in [-0.25, -0.2) is 4.79 Å². The molecule has 0 aromatic carbocycles. The third-order valence-electron chi connectivity index (χ3n) is 5.78. The van der Waals surface area contributed by atoms with Gasteiger partial charge in [-0.15, -0.1) is 0 Å². The van der Waals surface area contributed by atoms with E-state index in [-0.39, 0.29) is 11.9 Å². The molecule has 0 heterocycles. The number of ether oxygens (including phenoxy) is 2. The lowest BCUT2D eigenvalue weighted by molar-refractivity contribution is -0.129. The molecule has 0 rings (SSSR count). The summed E-state index contributed by atoms with van der Waals surface area (Å²) in [7, 11) is 0. The fourth-order valence-corrected chi connectivity index (χ4v) is 3.79.